The van der Waals surface area contributed by atoms with Crippen LogP contribution in [0.1, 0.15) is 0 Å². The minimum atomic E-state index is 1.14. The summed E-state index contributed by atoms with van der Waals surface area (Å²) in [6.07, 6.45) is 0. The first-order valence-electron chi connectivity index (χ1n) is 14.4. The Balaban J connectivity index is 1.28. The van der Waals surface area contributed by atoms with Crippen LogP contribution in [0.2, 0.25) is 0 Å². The second-order valence-electron chi connectivity index (χ2n) is 11.0. The average molecular weight is 552 g/mol. The second kappa shape index (κ2) is 9.17. The van der Waals surface area contributed by atoms with Crippen LogP contribution in [-0.4, -0.2) is 0 Å². The molecular formula is C40H25NS. The van der Waals surface area contributed by atoms with E-state index in [0.717, 1.165) is 17.1 Å². The Morgan fingerprint density at radius 1 is 0.333 bits per heavy atom. The summed E-state index contributed by atoms with van der Waals surface area (Å²) in [7, 11) is 0. The van der Waals surface area contributed by atoms with Gasteiger partial charge in [0.05, 0.1) is 0 Å². The Labute approximate surface area is 247 Å². The number of nitrogens with zero attached hydrogens (tertiary/aromatic N) is 1. The molecule has 2 heteroatoms. The molecule has 0 unspecified atom stereocenters. The smallest absolute Gasteiger partial charge is 0.0468 e. The lowest BCUT2D eigenvalue weighted by Gasteiger charge is -2.26. The summed E-state index contributed by atoms with van der Waals surface area (Å²) in [5.41, 5.74) is 3.44. The van der Waals surface area contributed by atoms with Crippen molar-refractivity contribution in [3.8, 4) is 0 Å². The molecule has 0 radical (unpaired) electrons. The fourth-order valence-electron chi connectivity index (χ4n) is 6.65. The topological polar surface area (TPSA) is 3.24 Å². The molecule has 1 aromatic heterocycles. The zero-order valence-electron chi connectivity index (χ0n) is 22.8. The van der Waals surface area contributed by atoms with Gasteiger partial charge in [0.25, 0.3) is 0 Å². The fourth-order valence-corrected chi connectivity index (χ4v) is 7.77. The first kappa shape index (κ1) is 23.5. The maximum Gasteiger partial charge on any atom is 0.0468 e. The largest absolute Gasteiger partial charge is 0.310 e. The van der Waals surface area contributed by atoms with E-state index in [2.05, 4.69) is 157 Å². The highest BCUT2D eigenvalue weighted by Gasteiger charge is 2.16. The van der Waals surface area contributed by atoms with Gasteiger partial charge >= 0.3 is 0 Å². The zero-order chi connectivity index (χ0) is 27.6. The van der Waals surface area contributed by atoms with Gasteiger partial charge < -0.3 is 4.90 Å². The third kappa shape index (κ3) is 3.56. The number of anilines is 3. The number of hydrogen-bond acceptors (Lipinski definition) is 2. The fraction of sp³-hybridized carbons (Fsp3) is 0. The molecule has 0 fully saturated rings. The molecule has 0 saturated heterocycles. The molecule has 1 heterocycles. The SMILES string of the molecule is c1ccc(N(c2ccc3c(ccc4sc5ccccc5c43)c2)c2ccc3ccc4c5ccccc5ccc4c3c2)cc1. The van der Waals surface area contributed by atoms with Crippen molar-refractivity contribution in [1.82, 2.24) is 0 Å². The van der Waals surface area contributed by atoms with Crippen LogP contribution in [0.15, 0.2) is 152 Å². The summed E-state index contributed by atoms with van der Waals surface area (Å²) in [5.74, 6) is 0. The average Bonchev–Trinajstić information content (AvgIpc) is 3.44. The Morgan fingerprint density at radius 3 is 1.83 bits per heavy atom. The van der Waals surface area contributed by atoms with Crippen LogP contribution in [0.5, 0.6) is 0 Å². The van der Waals surface area contributed by atoms with Crippen LogP contribution >= 0.6 is 11.3 Å². The van der Waals surface area contributed by atoms with E-state index in [9.17, 15) is 0 Å². The van der Waals surface area contributed by atoms with E-state index in [1.807, 2.05) is 11.3 Å². The summed E-state index contributed by atoms with van der Waals surface area (Å²) < 4.78 is 2.68. The number of rotatable bonds is 3. The highest BCUT2D eigenvalue weighted by molar-refractivity contribution is 7.26. The number of hydrogen-bond donors (Lipinski definition) is 0. The molecule has 0 atom stereocenters. The molecule has 8 aromatic carbocycles. The van der Waals surface area contributed by atoms with E-state index < -0.39 is 0 Å². The lowest BCUT2D eigenvalue weighted by molar-refractivity contribution is 1.30. The zero-order valence-corrected chi connectivity index (χ0v) is 23.6. The molecule has 9 rings (SSSR count). The molecule has 0 spiro atoms. The van der Waals surface area contributed by atoms with E-state index in [1.54, 1.807) is 0 Å². The molecule has 0 bridgehead atoms. The number of fused-ring (bicyclic) bond motifs is 10. The molecular weight excluding hydrogens is 527 g/mol. The third-order valence-electron chi connectivity index (χ3n) is 8.60. The van der Waals surface area contributed by atoms with Crippen LogP contribution < -0.4 is 4.90 Å². The normalized spacial score (nSPS) is 11.8. The van der Waals surface area contributed by atoms with E-state index >= 15 is 0 Å². The molecule has 0 aliphatic heterocycles. The first-order chi connectivity index (χ1) is 20.8. The summed E-state index contributed by atoms with van der Waals surface area (Å²) in [6.45, 7) is 0. The quantitative estimate of drug-likeness (QED) is 0.197. The van der Waals surface area contributed by atoms with E-state index in [1.165, 1.54) is 63.3 Å². The summed E-state index contributed by atoms with van der Waals surface area (Å²) >= 11 is 1.87. The molecule has 0 amide bonds. The van der Waals surface area contributed by atoms with Crippen LogP contribution in [0, 0.1) is 0 Å². The Kier molecular flexibility index (Phi) is 5.13. The van der Waals surface area contributed by atoms with Crippen molar-refractivity contribution in [2.45, 2.75) is 0 Å². The van der Waals surface area contributed by atoms with E-state index in [-0.39, 0.29) is 0 Å². The molecule has 1 nitrogen and oxygen atoms in total. The van der Waals surface area contributed by atoms with Gasteiger partial charge in [0, 0.05) is 37.2 Å². The van der Waals surface area contributed by atoms with Gasteiger partial charge in [-0.05, 0) is 91.6 Å². The van der Waals surface area contributed by atoms with Crippen LogP contribution in [0.3, 0.4) is 0 Å². The minimum Gasteiger partial charge on any atom is -0.310 e. The van der Waals surface area contributed by atoms with Crippen LogP contribution in [-0.2, 0) is 0 Å². The molecule has 0 aliphatic carbocycles. The highest BCUT2D eigenvalue weighted by atomic mass is 32.1. The first-order valence-corrected chi connectivity index (χ1v) is 15.2. The van der Waals surface area contributed by atoms with Gasteiger partial charge in [-0.1, -0.05) is 103 Å². The van der Waals surface area contributed by atoms with Gasteiger partial charge in [0.15, 0.2) is 0 Å². The van der Waals surface area contributed by atoms with Crippen molar-refractivity contribution >= 4 is 91.7 Å². The monoisotopic (exact) mass is 551 g/mol. The Bertz CT molecular complexity index is 2470. The molecule has 0 N–H and O–H groups in total. The molecule has 0 saturated carbocycles. The third-order valence-corrected chi connectivity index (χ3v) is 9.74. The summed E-state index contributed by atoms with van der Waals surface area (Å²) in [6, 6.07) is 55.5. The van der Waals surface area contributed by atoms with Crippen LogP contribution in [0.4, 0.5) is 17.1 Å². The second-order valence-corrected chi connectivity index (χ2v) is 12.0. The number of benzene rings is 8. The summed E-state index contributed by atoms with van der Waals surface area (Å²) in [5, 5.41) is 12.9. The lowest BCUT2D eigenvalue weighted by Crippen LogP contribution is -2.09. The van der Waals surface area contributed by atoms with Gasteiger partial charge in [-0.2, -0.15) is 0 Å². The van der Waals surface area contributed by atoms with Gasteiger partial charge in [0.1, 0.15) is 0 Å². The van der Waals surface area contributed by atoms with Crippen molar-refractivity contribution in [3.05, 3.63) is 152 Å². The van der Waals surface area contributed by atoms with Crippen molar-refractivity contribution in [3.63, 3.8) is 0 Å². The van der Waals surface area contributed by atoms with Gasteiger partial charge in [0.2, 0.25) is 0 Å². The van der Waals surface area contributed by atoms with Crippen molar-refractivity contribution in [2.75, 3.05) is 4.90 Å². The molecule has 9 aromatic rings. The minimum absolute atomic E-state index is 1.14. The van der Waals surface area contributed by atoms with Gasteiger partial charge in [-0.15, -0.1) is 11.3 Å². The maximum absolute atomic E-state index is 2.38. The van der Waals surface area contributed by atoms with Crippen LogP contribution in [0.25, 0.3) is 63.3 Å². The van der Waals surface area contributed by atoms with Crippen molar-refractivity contribution < 1.29 is 0 Å². The predicted octanol–water partition coefficient (Wildman–Crippen LogP) is 12.1. The van der Waals surface area contributed by atoms with Crippen molar-refractivity contribution in [2.24, 2.45) is 0 Å². The highest BCUT2D eigenvalue weighted by Crippen LogP contribution is 2.42. The molecule has 0 aliphatic rings. The van der Waals surface area contributed by atoms with E-state index in [0.29, 0.717) is 0 Å². The lowest BCUT2D eigenvalue weighted by atomic mass is 9.96. The molecule has 196 valence electrons. The summed E-state index contributed by atoms with van der Waals surface area (Å²) in [4.78, 5) is 2.38. The molecule has 42 heavy (non-hydrogen) atoms. The number of thiophene rings is 1. The Morgan fingerprint density at radius 2 is 0.952 bits per heavy atom. The van der Waals surface area contributed by atoms with Gasteiger partial charge in [-0.3, -0.25) is 0 Å². The van der Waals surface area contributed by atoms with E-state index in [4.69, 9.17) is 0 Å². The predicted molar refractivity (Wildman–Crippen MR) is 184 cm³/mol. The number of para-hydroxylation sites is 1. The maximum atomic E-state index is 2.38. The van der Waals surface area contributed by atoms with Gasteiger partial charge in [-0.25, -0.2) is 0 Å². The van der Waals surface area contributed by atoms with Crippen molar-refractivity contribution in [1.29, 1.82) is 0 Å². The standard InChI is InChI=1S/C40H25NS/c1-2-9-29(10-3-1)41(30-19-22-33-28(24-30)17-23-39-40(33)36-12-6-7-13-38(36)42-39)31-18-14-27-16-20-34-32-11-5-4-8-26(32)15-21-35(34)37(27)25-31/h1-25H. The Hall–Kier alpha value is -5.18.